The molecule has 0 amide bonds. The van der Waals surface area contributed by atoms with E-state index in [0.29, 0.717) is 31.6 Å². The molecule has 0 heterocycles. The quantitative estimate of drug-likeness (QED) is 0.0222. The number of aliphatic hydroxyl groups excluding tert-OH is 1. The van der Waals surface area contributed by atoms with Crippen LogP contribution in [-0.4, -0.2) is 96.7 Å². The van der Waals surface area contributed by atoms with Gasteiger partial charge in [-0.2, -0.15) is 0 Å². The van der Waals surface area contributed by atoms with Gasteiger partial charge in [-0.3, -0.25) is 37.3 Å². The molecular formula is C66H128O17P2. The van der Waals surface area contributed by atoms with Gasteiger partial charge in [0.05, 0.1) is 26.4 Å². The Morgan fingerprint density at radius 2 is 0.565 bits per heavy atom. The lowest BCUT2D eigenvalue weighted by Gasteiger charge is -2.21. The van der Waals surface area contributed by atoms with Crippen LogP contribution in [0.4, 0.5) is 0 Å². The molecule has 0 aliphatic rings. The number of carbonyl (C=O) groups excluding carboxylic acids is 4. The zero-order chi connectivity index (χ0) is 63.2. The van der Waals surface area contributed by atoms with E-state index in [-0.39, 0.29) is 25.7 Å². The third-order valence-electron chi connectivity index (χ3n) is 15.8. The van der Waals surface area contributed by atoms with Crippen LogP contribution in [0.5, 0.6) is 0 Å². The van der Waals surface area contributed by atoms with Crippen molar-refractivity contribution in [3.8, 4) is 0 Å². The summed E-state index contributed by atoms with van der Waals surface area (Å²) in [4.78, 5) is 72.3. The maximum absolute atomic E-state index is 13.0. The fourth-order valence-corrected chi connectivity index (χ4v) is 11.3. The number of phosphoric ester groups is 2. The molecule has 19 heteroatoms. The molecule has 0 spiro atoms. The summed E-state index contributed by atoms with van der Waals surface area (Å²) in [6.07, 6.45) is 36.2. The molecule has 0 aromatic heterocycles. The predicted molar refractivity (Wildman–Crippen MR) is 340 cm³/mol. The van der Waals surface area contributed by atoms with E-state index in [1.807, 2.05) is 0 Å². The molecule has 0 aliphatic heterocycles. The molecular weight excluding hydrogens is 1130 g/mol. The lowest BCUT2D eigenvalue weighted by molar-refractivity contribution is -0.161. The summed E-state index contributed by atoms with van der Waals surface area (Å²) in [6.45, 7) is 14.0. The number of rotatable bonds is 63. The van der Waals surface area contributed by atoms with Crippen LogP contribution in [0.2, 0.25) is 0 Å². The van der Waals surface area contributed by atoms with Crippen molar-refractivity contribution in [2.45, 2.75) is 337 Å². The first-order valence-electron chi connectivity index (χ1n) is 34.3. The number of hydrogen-bond donors (Lipinski definition) is 3. The summed E-state index contributed by atoms with van der Waals surface area (Å²) in [5.41, 5.74) is 0. The van der Waals surface area contributed by atoms with Crippen molar-refractivity contribution in [3.63, 3.8) is 0 Å². The Kier molecular flexibility index (Phi) is 54.8. The van der Waals surface area contributed by atoms with Crippen molar-refractivity contribution in [1.82, 2.24) is 0 Å². The van der Waals surface area contributed by atoms with Gasteiger partial charge in [0.25, 0.3) is 0 Å². The summed E-state index contributed by atoms with van der Waals surface area (Å²) < 4.78 is 68.1. The molecule has 0 bridgehead atoms. The SMILES string of the molecule is CCC(C)CCCCCCCCCCC(=O)O[C@H](COC(=O)CCCCCCCCCCCCC(C)C)COP(=O)(O)OCC(O)COP(=O)(O)OC[C@@H](COC(=O)CCCCCCCCCC(C)C)OC(=O)CCCCCCCCC(C)CC. The highest BCUT2D eigenvalue weighted by molar-refractivity contribution is 7.47. The van der Waals surface area contributed by atoms with Crippen molar-refractivity contribution in [2.24, 2.45) is 23.7 Å². The van der Waals surface area contributed by atoms with Gasteiger partial charge in [0.15, 0.2) is 12.2 Å². The second-order valence-electron chi connectivity index (χ2n) is 25.3. The van der Waals surface area contributed by atoms with E-state index in [1.54, 1.807) is 0 Å². The van der Waals surface area contributed by atoms with Gasteiger partial charge in [-0.25, -0.2) is 9.13 Å². The molecule has 3 N–H and O–H groups in total. The van der Waals surface area contributed by atoms with Crippen molar-refractivity contribution in [1.29, 1.82) is 0 Å². The van der Waals surface area contributed by atoms with Crippen LogP contribution in [0.25, 0.3) is 0 Å². The van der Waals surface area contributed by atoms with E-state index in [1.165, 1.54) is 116 Å². The highest BCUT2D eigenvalue weighted by Crippen LogP contribution is 2.45. The molecule has 0 rings (SSSR count). The van der Waals surface area contributed by atoms with Crippen LogP contribution in [0.1, 0.15) is 319 Å². The Labute approximate surface area is 517 Å². The Morgan fingerprint density at radius 1 is 0.329 bits per heavy atom. The molecule has 85 heavy (non-hydrogen) atoms. The number of unbranched alkanes of at least 4 members (excludes halogenated alkanes) is 27. The van der Waals surface area contributed by atoms with Crippen LogP contribution in [0, 0.1) is 23.7 Å². The van der Waals surface area contributed by atoms with Crippen LogP contribution >= 0.6 is 15.6 Å². The van der Waals surface area contributed by atoms with E-state index < -0.39 is 97.5 Å². The second kappa shape index (κ2) is 56.1. The van der Waals surface area contributed by atoms with Gasteiger partial charge in [0, 0.05) is 25.7 Å². The molecule has 5 unspecified atom stereocenters. The van der Waals surface area contributed by atoms with E-state index in [9.17, 15) is 43.2 Å². The fourth-order valence-electron chi connectivity index (χ4n) is 9.72. The summed E-state index contributed by atoms with van der Waals surface area (Å²) >= 11 is 0. The molecule has 0 radical (unpaired) electrons. The van der Waals surface area contributed by atoms with Crippen molar-refractivity contribution >= 4 is 39.5 Å². The molecule has 0 saturated carbocycles. The fraction of sp³-hybridized carbons (Fsp3) is 0.939. The zero-order valence-corrected chi connectivity index (χ0v) is 57.0. The molecule has 7 atom stereocenters. The Balaban J connectivity index is 5.26. The number of hydrogen-bond acceptors (Lipinski definition) is 15. The van der Waals surface area contributed by atoms with Crippen molar-refractivity contribution in [2.75, 3.05) is 39.6 Å². The zero-order valence-electron chi connectivity index (χ0n) is 55.2. The smallest absolute Gasteiger partial charge is 0.462 e. The minimum absolute atomic E-state index is 0.101. The van der Waals surface area contributed by atoms with Gasteiger partial charge in [-0.1, -0.05) is 267 Å². The summed E-state index contributed by atoms with van der Waals surface area (Å²) in [5.74, 6) is 0.814. The molecule has 504 valence electrons. The minimum Gasteiger partial charge on any atom is -0.462 e. The number of esters is 4. The Hall–Kier alpha value is -1.94. The highest BCUT2D eigenvalue weighted by Gasteiger charge is 2.30. The van der Waals surface area contributed by atoms with Crippen molar-refractivity contribution < 1.29 is 80.2 Å². The first kappa shape index (κ1) is 83.1. The van der Waals surface area contributed by atoms with Gasteiger partial charge in [0.2, 0.25) is 0 Å². The third-order valence-corrected chi connectivity index (χ3v) is 17.7. The number of phosphoric acid groups is 2. The van der Waals surface area contributed by atoms with Gasteiger partial charge < -0.3 is 33.8 Å². The van der Waals surface area contributed by atoms with Crippen LogP contribution in [0.3, 0.4) is 0 Å². The first-order valence-corrected chi connectivity index (χ1v) is 37.3. The van der Waals surface area contributed by atoms with Gasteiger partial charge in [-0.05, 0) is 49.4 Å². The standard InChI is InChI=1S/C66H128O17P2/c1-9-58(7)44-36-28-20-15-16-22-32-40-48-65(70)82-61(52-76-63(68)46-38-30-21-14-12-11-13-18-26-34-42-56(3)4)54-80-84(72,73)78-50-60(67)51-79-85(74,75)81-55-62(83-66(71)49-41-33-25-24-29-37-45-59(8)10-2)53-77-64(69)47-39-31-23-17-19-27-35-43-57(5)6/h56-62,67H,9-55H2,1-8H3,(H,72,73)(H,74,75)/t58?,59?,60?,61-,62-/m1/s1. The maximum Gasteiger partial charge on any atom is 0.472 e. The normalized spacial score (nSPS) is 15.0. The van der Waals surface area contributed by atoms with E-state index in [2.05, 4.69) is 55.4 Å². The highest BCUT2D eigenvalue weighted by atomic mass is 31.2. The van der Waals surface area contributed by atoms with Crippen LogP contribution in [0.15, 0.2) is 0 Å². The number of carbonyl (C=O) groups is 4. The third kappa shape index (κ3) is 58.2. The van der Waals surface area contributed by atoms with Crippen LogP contribution in [-0.2, 0) is 65.4 Å². The topological polar surface area (TPSA) is 237 Å². The minimum atomic E-state index is -4.95. The average molecular weight is 1260 g/mol. The second-order valence-corrected chi connectivity index (χ2v) is 28.2. The summed E-state index contributed by atoms with van der Waals surface area (Å²) in [7, 11) is -9.89. The first-order chi connectivity index (χ1) is 40.7. The van der Waals surface area contributed by atoms with Crippen molar-refractivity contribution in [3.05, 3.63) is 0 Å². The van der Waals surface area contributed by atoms with Gasteiger partial charge in [-0.15, -0.1) is 0 Å². The maximum atomic E-state index is 13.0. The predicted octanol–water partition coefficient (Wildman–Crippen LogP) is 18.1. The average Bonchev–Trinajstić information content (AvgIpc) is 3.57. The largest absolute Gasteiger partial charge is 0.472 e. The van der Waals surface area contributed by atoms with Crippen LogP contribution < -0.4 is 0 Å². The van der Waals surface area contributed by atoms with E-state index in [4.69, 9.17) is 37.0 Å². The van der Waals surface area contributed by atoms with Gasteiger partial charge >= 0.3 is 39.5 Å². The molecule has 0 fully saturated rings. The molecule has 17 nitrogen and oxygen atoms in total. The monoisotopic (exact) mass is 1250 g/mol. The number of aliphatic hydroxyl groups is 1. The van der Waals surface area contributed by atoms with Gasteiger partial charge in [0.1, 0.15) is 19.3 Å². The Morgan fingerprint density at radius 3 is 0.835 bits per heavy atom. The lowest BCUT2D eigenvalue weighted by Crippen LogP contribution is -2.30. The lowest BCUT2D eigenvalue weighted by atomic mass is 9.99. The number of ether oxygens (including phenoxy) is 4. The molecule has 0 aliphatic carbocycles. The summed E-state index contributed by atoms with van der Waals surface area (Å²) in [6, 6.07) is 0. The van der Waals surface area contributed by atoms with E-state index >= 15 is 0 Å². The van der Waals surface area contributed by atoms with E-state index in [0.717, 1.165) is 114 Å². The molecule has 0 aromatic carbocycles. The molecule has 0 aromatic rings. The summed E-state index contributed by atoms with van der Waals surface area (Å²) in [5, 5.41) is 10.6. The Bertz CT molecular complexity index is 1700. The molecule has 0 saturated heterocycles.